The van der Waals surface area contributed by atoms with Crippen LogP contribution in [0.5, 0.6) is 0 Å². The van der Waals surface area contributed by atoms with E-state index in [-0.39, 0.29) is 8.84 Å². The van der Waals surface area contributed by atoms with Gasteiger partial charge in [-0.15, -0.1) is 0 Å². The van der Waals surface area contributed by atoms with E-state index in [0.29, 0.717) is 0 Å². The van der Waals surface area contributed by atoms with Crippen LogP contribution in [-0.4, -0.2) is 4.98 Å². The molecule has 0 N–H and O–H groups in total. The Labute approximate surface area is 100 Å². The van der Waals surface area contributed by atoms with E-state index in [0.717, 1.165) is 5.69 Å². The summed E-state index contributed by atoms with van der Waals surface area (Å²) in [4.78, 5) is 4.42. The second kappa shape index (κ2) is 3.80. The van der Waals surface area contributed by atoms with E-state index in [1.54, 1.807) is 0 Å². The van der Waals surface area contributed by atoms with Crippen molar-refractivity contribution in [1.29, 1.82) is 0 Å². The fraction of sp³-hybridized carbons (Fsp3) is 0.583. The minimum absolute atomic E-state index is 0.110. The molecule has 1 aromatic heterocycles. The van der Waals surface area contributed by atoms with Crippen molar-refractivity contribution in [3.8, 4) is 0 Å². The van der Waals surface area contributed by atoms with E-state index in [9.17, 15) is 0 Å². The van der Waals surface area contributed by atoms with E-state index in [1.165, 1.54) is 5.56 Å². The number of hydrogen-bond donors (Lipinski definition) is 0. The van der Waals surface area contributed by atoms with Crippen LogP contribution in [0, 0.1) is 0 Å². The monoisotopic (exact) mass is 303 g/mol. The second-order valence-corrected chi connectivity index (χ2v) is 7.85. The van der Waals surface area contributed by atoms with Gasteiger partial charge in [-0.3, -0.25) is 4.98 Å². The Kier molecular flexibility index (Phi) is 3.24. The first-order chi connectivity index (χ1) is 6.21. The first kappa shape index (κ1) is 12.0. The van der Waals surface area contributed by atoms with E-state index >= 15 is 0 Å². The predicted molar refractivity (Wildman–Crippen MR) is 70.0 cm³/mol. The summed E-state index contributed by atoms with van der Waals surface area (Å²) < 4.78 is 0.110. The molecule has 1 nitrogen and oxygen atoms in total. The zero-order chi connectivity index (χ0) is 11.0. The molecule has 0 saturated heterocycles. The van der Waals surface area contributed by atoms with Crippen molar-refractivity contribution in [1.82, 2.24) is 4.98 Å². The molecule has 0 aliphatic carbocycles. The maximum atomic E-state index is 4.42. The maximum Gasteiger partial charge on any atom is 0.0586 e. The van der Waals surface area contributed by atoms with Crippen LogP contribution in [0.2, 0.25) is 0 Å². The lowest BCUT2D eigenvalue weighted by molar-refractivity contribution is 0.586. The van der Waals surface area contributed by atoms with Crippen LogP contribution >= 0.6 is 22.6 Å². The van der Waals surface area contributed by atoms with Crippen molar-refractivity contribution in [2.75, 3.05) is 0 Å². The van der Waals surface area contributed by atoms with Gasteiger partial charge in [-0.2, -0.15) is 0 Å². The molecule has 1 aromatic rings. The average molecular weight is 303 g/mol. The summed E-state index contributed by atoms with van der Waals surface area (Å²) in [5.74, 6) is 0. The summed E-state index contributed by atoms with van der Waals surface area (Å²) in [6.45, 7) is 11.1. The van der Waals surface area contributed by atoms with Crippen LogP contribution in [0.1, 0.15) is 45.9 Å². The molecule has 0 amide bonds. The third-order valence-electron chi connectivity index (χ3n) is 2.24. The van der Waals surface area contributed by atoms with Gasteiger partial charge < -0.3 is 0 Å². The first-order valence-electron chi connectivity index (χ1n) is 4.87. The van der Waals surface area contributed by atoms with Gasteiger partial charge in [0.25, 0.3) is 0 Å². The standard InChI is InChI=1S/C12H18IN/c1-11(2,3)9-6-7-14-10(8-9)12(4,5)13/h6-8H,1-5H3. The lowest BCUT2D eigenvalue weighted by Gasteiger charge is -2.22. The predicted octanol–water partition coefficient (Wildman–Crippen LogP) is 4.05. The van der Waals surface area contributed by atoms with Crippen LogP contribution in [0.15, 0.2) is 18.3 Å². The molecule has 0 saturated carbocycles. The Bertz CT molecular complexity index is 289. The topological polar surface area (TPSA) is 12.9 Å². The largest absolute Gasteiger partial charge is 0.260 e. The summed E-state index contributed by atoms with van der Waals surface area (Å²) in [7, 11) is 0. The third kappa shape index (κ3) is 2.94. The number of aromatic nitrogens is 1. The smallest absolute Gasteiger partial charge is 0.0586 e. The highest BCUT2D eigenvalue weighted by Crippen LogP contribution is 2.31. The Morgan fingerprint density at radius 1 is 1.14 bits per heavy atom. The highest BCUT2D eigenvalue weighted by molar-refractivity contribution is 14.1. The molecule has 0 bridgehead atoms. The zero-order valence-corrected chi connectivity index (χ0v) is 11.7. The lowest BCUT2D eigenvalue weighted by Crippen LogP contribution is -2.15. The summed E-state index contributed by atoms with van der Waals surface area (Å²) in [6.07, 6.45) is 1.91. The molecule has 14 heavy (non-hydrogen) atoms. The summed E-state index contributed by atoms with van der Waals surface area (Å²) in [6, 6.07) is 4.32. The van der Waals surface area contributed by atoms with Crippen molar-refractivity contribution in [2.24, 2.45) is 0 Å². The van der Waals surface area contributed by atoms with Gasteiger partial charge in [0.1, 0.15) is 0 Å². The van der Waals surface area contributed by atoms with Crippen LogP contribution in [0.3, 0.4) is 0 Å². The van der Waals surface area contributed by atoms with Gasteiger partial charge in [0.15, 0.2) is 0 Å². The maximum absolute atomic E-state index is 4.42. The fourth-order valence-electron chi connectivity index (χ4n) is 1.22. The third-order valence-corrected chi connectivity index (χ3v) is 2.79. The molecule has 0 aliphatic heterocycles. The minimum Gasteiger partial charge on any atom is -0.260 e. The molecule has 0 aliphatic rings. The summed E-state index contributed by atoms with van der Waals surface area (Å²) >= 11 is 2.42. The molecule has 1 rings (SSSR count). The zero-order valence-electron chi connectivity index (χ0n) is 9.56. The van der Waals surface area contributed by atoms with Crippen LogP contribution in [0.4, 0.5) is 0 Å². The van der Waals surface area contributed by atoms with Crippen molar-refractivity contribution in [3.05, 3.63) is 29.6 Å². The second-order valence-electron chi connectivity index (χ2n) is 5.15. The van der Waals surface area contributed by atoms with Gasteiger partial charge in [0, 0.05) is 6.20 Å². The van der Waals surface area contributed by atoms with Gasteiger partial charge >= 0.3 is 0 Å². The number of alkyl halides is 1. The molecule has 1 heterocycles. The summed E-state index contributed by atoms with van der Waals surface area (Å²) in [5, 5.41) is 0. The van der Waals surface area contributed by atoms with Crippen molar-refractivity contribution in [3.63, 3.8) is 0 Å². The van der Waals surface area contributed by atoms with E-state index in [1.807, 2.05) is 6.20 Å². The van der Waals surface area contributed by atoms with E-state index < -0.39 is 0 Å². The van der Waals surface area contributed by atoms with Crippen molar-refractivity contribution < 1.29 is 0 Å². The van der Waals surface area contributed by atoms with Gasteiger partial charge in [-0.25, -0.2) is 0 Å². The van der Waals surface area contributed by atoms with Crippen LogP contribution in [0.25, 0.3) is 0 Å². The highest BCUT2D eigenvalue weighted by Gasteiger charge is 2.20. The normalized spacial score (nSPS) is 13.0. The first-order valence-corrected chi connectivity index (χ1v) is 5.95. The number of rotatable bonds is 1. The van der Waals surface area contributed by atoms with Gasteiger partial charge in [-0.1, -0.05) is 43.4 Å². The van der Waals surface area contributed by atoms with E-state index in [2.05, 4.69) is 74.3 Å². The molecule has 0 aromatic carbocycles. The fourth-order valence-corrected chi connectivity index (χ4v) is 1.52. The average Bonchev–Trinajstić information content (AvgIpc) is 2.01. The molecule has 0 spiro atoms. The number of pyridine rings is 1. The van der Waals surface area contributed by atoms with Gasteiger partial charge in [-0.05, 0) is 37.0 Å². The molecule has 78 valence electrons. The Morgan fingerprint density at radius 2 is 1.71 bits per heavy atom. The van der Waals surface area contributed by atoms with Crippen LogP contribution < -0.4 is 0 Å². The Hall–Kier alpha value is -0.120. The van der Waals surface area contributed by atoms with E-state index in [4.69, 9.17) is 0 Å². The summed E-state index contributed by atoms with van der Waals surface area (Å²) in [5.41, 5.74) is 2.72. The van der Waals surface area contributed by atoms with Crippen LogP contribution in [-0.2, 0) is 8.84 Å². The van der Waals surface area contributed by atoms with Gasteiger partial charge in [0.2, 0.25) is 0 Å². The molecule has 0 radical (unpaired) electrons. The Balaban J connectivity index is 3.15. The minimum atomic E-state index is 0.110. The van der Waals surface area contributed by atoms with Gasteiger partial charge in [0.05, 0.1) is 9.12 Å². The quantitative estimate of drug-likeness (QED) is 0.563. The molecule has 0 unspecified atom stereocenters. The van der Waals surface area contributed by atoms with Crippen molar-refractivity contribution in [2.45, 2.75) is 43.5 Å². The highest BCUT2D eigenvalue weighted by atomic mass is 127. The lowest BCUT2D eigenvalue weighted by atomic mass is 9.86. The SMILES string of the molecule is CC(C)(C)c1ccnc(C(C)(C)I)c1. The Morgan fingerprint density at radius 3 is 2.14 bits per heavy atom. The molecule has 0 fully saturated rings. The molecular weight excluding hydrogens is 285 g/mol. The molecule has 0 atom stereocenters. The number of nitrogens with zero attached hydrogens (tertiary/aromatic N) is 1. The number of hydrogen-bond acceptors (Lipinski definition) is 1. The molecular formula is C12H18IN. The number of halogens is 1. The molecule has 2 heteroatoms. The van der Waals surface area contributed by atoms with Crippen molar-refractivity contribution >= 4 is 22.6 Å².